The van der Waals surface area contributed by atoms with Crippen molar-refractivity contribution in [2.45, 2.75) is 27.3 Å². The number of piperazine rings is 1. The number of rotatable bonds is 4. The number of ether oxygens (including phenoxy) is 1. The van der Waals surface area contributed by atoms with E-state index in [-0.39, 0.29) is 5.91 Å². The van der Waals surface area contributed by atoms with Crippen molar-refractivity contribution in [2.75, 3.05) is 38.2 Å². The lowest BCUT2D eigenvalue weighted by molar-refractivity contribution is 0.0740. The molecule has 0 atom stereocenters. The van der Waals surface area contributed by atoms with Gasteiger partial charge in [-0.3, -0.25) is 9.48 Å². The standard InChI is InChI=1S/C20H25N5O2S/c1-5-25-14(3)12-15(22-25)19(26)23-8-10-24(11-9-23)20-21-17-16(27-4)7-6-13(2)18(17)28-20/h6-7,12H,5,8-11H2,1-4H3. The van der Waals surface area contributed by atoms with Crippen molar-refractivity contribution in [3.63, 3.8) is 0 Å². The number of methoxy groups -OCH3 is 1. The van der Waals surface area contributed by atoms with E-state index >= 15 is 0 Å². The molecule has 1 aliphatic heterocycles. The second-order valence-corrected chi connectivity index (χ2v) is 8.00. The van der Waals surface area contributed by atoms with Crippen molar-refractivity contribution in [1.82, 2.24) is 19.7 Å². The molecule has 2 aromatic heterocycles. The van der Waals surface area contributed by atoms with E-state index in [0.29, 0.717) is 18.8 Å². The first-order valence-electron chi connectivity index (χ1n) is 9.54. The molecule has 8 heteroatoms. The van der Waals surface area contributed by atoms with Gasteiger partial charge in [0.2, 0.25) is 0 Å². The fourth-order valence-electron chi connectivity index (χ4n) is 3.60. The third kappa shape index (κ3) is 3.22. The summed E-state index contributed by atoms with van der Waals surface area (Å²) in [4.78, 5) is 21.8. The smallest absolute Gasteiger partial charge is 0.274 e. The third-order valence-electron chi connectivity index (χ3n) is 5.25. The molecule has 1 aliphatic rings. The lowest BCUT2D eigenvalue weighted by atomic mass is 10.2. The maximum Gasteiger partial charge on any atom is 0.274 e. The van der Waals surface area contributed by atoms with Crippen LogP contribution in [-0.2, 0) is 6.54 Å². The van der Waals surface area contributed by atoms with Gasteiger partial charge in [-0.15, -0.1) is 0 Å². The van der Waals surface area contributed by atoms with Gasteiger partial charge < -0.3 is 14.5 Å². The zero-order valence-electron chi connectivity index (χ0n) is 16.7. The Morgan fingerprint density at radius 1 is 1.21 bits per heavy atom. The molecule has 1 amide bonds. The van der Waals surface area contributed by atoms with Crippen molar-refractivity contribution in [1.29, 1.82) is 0 Å². The Balaban J connectivity index is 1.49. The summed E-state index contributed by atoms with van der Waals surface area (Å²) >= 11 is 1.69. The Bertz CT molecular complexity index is 1020. The van der Waals surface area contributed by atoms with Crippen LogP contribution in [0, 0.1) is 13.8 Å². The van der Waals surface area contributed by atoms with E-state index in [9.17, 15) is 4.79 Å². The second kappa shape index (κ2) is 7.43. The summed E-state index contributed by atoms with van der Waals surface area (Å²) in [6, 6.07) is 5.91. The highest BCUT2D eigenvalue weighted by Gasteiger charge is 2.26. The largest absolute Gasteiger partial charge is 0.494 e. The van der Waals surface area contributed by atoms with Crippen molar-refractivity contribution in [3.8, 4) is 5.75 Å². The number of anilines is 1. The van der Waals surface area contributed by atoms with Gasteiger partial charge in [-0.2, -0.15) is 5.10 Å². The lowest BCUT2D eigenvalue weighted by Gasteiger charge is -2.34. The maximum absolute atomic E-state index is 12.8. The number of carbonyl (C=O) groups excluding carboxylic acids is 1. The Morgan fingerprint density at radius 3 is 2.61 bits per heavy atom. The molecule has 4 rings (SSSR count). The van der Waals surface area contributed by atoms with Crippen LogP contribution in [0.5, 0.6) is 5.75 Å². The zero-order valence-corrected chi connectivity index (χ0v) is 17.5. The topological polar surface area (TPSA) is 63.5 Å². The summed E-state index contributed by atoms with van der Waals surface area (Å²) in [5, 5.41) is 5.41. The van der Waals surface area contributed by atoms with Gasteiger partial charge in [0, 0.05) is 38.4 Å². The number of benzene rings is 1. The van der Waals surface area contributed by atoms with Crippen molar-refractivity contribution in [3.05, 3.63) is 35.2 Å². The molecule has 3 heterocycles. The first-order chi connectivity index (χ1) is 13.5. The van der Waals surface area contributed by atoms with Crippen molar-refractivity contribution >= 4 is 32.6 Å². The second-order valence-electron chi connectivity index (χ2n) is 7.02. The summed E-state index contributed by atoms with van der Waals surface area (Å²) in [7, 11) is 1.68. The number of thiazole rings is 1. The molecule has 0 radical (unpaired) electrons. The van der Waals surface area contributed by atoms with Crippen LogP contribution >= 0.6 is 11.3 Å². The molecule has 1 aromatic carbocycles. The van der Waals surface area contributed by atoms with Crippen LogP contribution in [0.2, 0.25) is 0 Å². The molecule has 7 nitrogen and oxygen atoms in total. The molecule has 28 heavy (non-hydrogen) atoms. The quantitative estimate of drug-likeness (QED) is 0.675. The van der Waals surface area contributed by atoms with Gasteiger partial charge in [0.05, 0.1) is 11.8 Å². The monoisotopic (exact) mass is 399 g/mol. The molecule has 1 saturated heterocycles. The normalized spacial score (nSPS) is 14.7. The van der Waals surface area contributed by atoms with Crippen LogP contribution in [0.4, 0.5) is 5.13 Å². The number of hydrogen-bond acceptors (Lipinski definition) is 6. The Labute approximate surface area is 168 Å². The van der Waals surface area contributed by atoms with E-state index in [1.807, 2.05) is 35.6 Å². The first-order valence-corrected chi connectivity index (χ1v) is 10.4. The van der Waals surface area contributed by atoms with Gasteiger partial charge >= 0.3 is 0 Å². The molecular weight excluding hydrogens is 374 g/mol. The summed E-state index contributed by atoms with van der Waals surface area (Å²) in [6.45, 7) is 9.74. The number of fused-ring (bicyclic) bond motifs is 1. The Hall–Kier alpha value is -2.61. The number of carbonyl (C=O) groups is 1. The summed E-state index contributed by atoms with van der Waals surface area (Å²) < 4.78 is 8.49. The minimum atomic E-state index is 0.0109. The first kappa shape index (κ1) is 18.7. The van der Waals surface area contributed by atoms with E-state index in [1.165, 1.54) is 5.56 Å². The minimum absolute atomic E-state index is 0.0109. The van der Waals surface area contributed by atoms with Gasteiger partial charge in [0.1, 0.15) is 11.3 Å². The molecule has 0 unspecified atom stereocenters. The number of aryl methyl sites for hydroxylation is 3. The van der Waals surface area contributed by atoms with Crippen LogP contribution < -0.4 is 9.64 Å². The van der Waals surface area contributed by atoms with E-state index in [0.717, 1.165) is 46.4 Å². The number of amides is 1. The number of aromatic nitrogens is 3. The molecule has 0 spiro atoms. The highest BCUT2D eigenvalue weighted by atomic mass is 32.1. The molecule has 0 saturated carbocycles. The highest BCUT2D eigenvalue weighted by molar-refractivity contribution is 7.22. The molecule has 3 aromatic rings. The van der Waals surface area contributed by atoms with Gasteiger partial charge in [-0.05, 0) is 38.5 Å². The van der Waals surface area contributed by atoms with Crippen LogP contribution in [-0.4, -0.2) is 58.9 Å². The van der Waals surface area contributed by atoms with E-state index in [2.05, 4.69) is 23.0 Å². The summed E-state index contributed by atoms with van der Waals surface area (Å²) in [5.74, 6) is 0.815. The Kier molecular flexibility index (Phi) is 4.97. The van der Waals surface area contributed by atoms with Crippen LogP contribution in [0.1, 0.15) is 28.7 Å². The molecule has 148 valence electrons. The maximum atomic E-state index is 12.8. The van der Waals surface area contributed by atoms with Crippen LogP contribution in [0.25, 0.3) is 10.2 Å². The average molecular weight is 400 g/mol. The number of hydrogen-bond donors (Lipinski definition) is 0. The van der Waals surface area contributed by atoms with Crippen LogP contribution in [0.15, 0.2) is 18.2 Å². The number of nitrogens with zero attached hydrogens (tertiary/aromatic N) is 5. The zero-order chi connectivity index (χ0) is 19.8. The van der Waals surface area contributed by atoms with E-state index < -0.39 is 0 Å². The summed E-state index contributed by atoms with van der Waals surface area (Å²) in [6.07, 6.45) is 0. The predicted molar refractivity (Wildman–Crippen MR) is 112 cm³/mol. The SMILES string of the molecule is CCn1nc(C(=O)N2CCN(c3nc4c(OC)ccc(C)c4s3)CC2)cc1C. The molecule has 0 N–H and O–H groups in total. The van der Waals surface area contributed by atoms with E-state index in [1.54, 1.807) is 18.4 Å². The van der Waals surface area contributed by atoms with Crippen molar-refractivity contribution in [2.24, 2.45) is 0 Å². The van der Waals surface area contributed by atoms with Gasteiger partial charge in [0.25, 0.3) is 5.91 Å². The fraction of sp³-hybridized carbons (Fsp3) is 0.450. The van der Waals surface area contributed by atoms with Crippen LogP contribution in [0.3, 0.4) is 0 Å². The van der Waals surface area contributed by atoms with Gasteiger partial charge in [0.15, 0.2) is 10.8 Å². The van der Waals surface area contributed by atoms with Gasteiger partial charge in [-0.1, -0.05) is 17.4 Å². The highest BCUT2D eigenvalue weighted by Crippen LogP contribution is 2.36. The third-order valence-corrected chi connectivity index (χ3v) is 6.50. The molecular formula is C20H25N5O2S. The van der Waals surface area contributed by atoms with E-state index in [4.69, 9.17) is 9.72 Å². The van der Waals surface area contributed by atoms with Gasteiger partial charge in [-0.25, -0.2) is 4.98 Å². The van der Waals surface area contributed by atoms with Crippen molar-refractivity contribution < 1.29 is 9.53 Å². The molecule has 0 aliphatic carbocycles. The predicted octanol–water partition coefficient (Wildman–Crippen LogP) is 3.10. The minimum Gasteiger partial charge on any atom is -0.494 e. The Morgan fingerprint density at radius 2 is 1.96 bits per heavy atom. The lowest BCUT2D eigenvalue weighted by Crippen LogP contribution is -2.48. The molecule has 1 fully saturated rings. The fourth-order valence-corrected chi connectivity index (χ4v) is 4.70. The summed E-state index contributed by atoms with van der Waals surface area (Å²) in [5.41, 5.74) is 3.67. The average Bonchev–Trinajstić information content (AvgIpc) is 3.32. The molecule has 0 bridgehead atoms.